The molecule has 2 aromatic rings. The summed E-state index contributed by atoms with van der Waals surface area (Å²) in [5, 5.41) is 11.7. The summed E-state index contributed by atoms with van der Waals surface area (Å²) >= 11 is 0. The average Bonchev–Trinajstić information content (AvgIpc) is 2.57. The Bertz CT molecular complexity index is 806. The highest BCUT2D eigenvalue weighted by Crippen LogP contribution is 2.27. The normalized spacial score (nSPS) is 10.7. The topological polar surface area (TPSA) is 84.9 Å². The fraction of sp³-hybridized carbons (Fsp3) is 0.263. The molecule has 1 amide bonds. The van der Waals surface area contributed by atoms with E-state index in [1.807, 2.05) is 0 Å². The van der Waals surface area contributed by atoms with E-state index in [1.165, 1.54) is 42.5 Å². The minimum absolute atomic E-state index is 0.00376. The molecule has 144 valence electrons. The number of benzene rings is 2. The maximum atomic E-state index is 12.3. The van der Waals surface area contributed by atoms with Crippen LogP contribution in [-0.4, -0.2) is 29.7 Å². The summed E-state index contributed by atoms with van der Waals surface area (Å²) in [5.41, 5.74) is 0.830. The Morgan fingerprint density at radius 2 is 1.74 bits per heavy atom. The number of carboxylic acid groups (broad SMARTS) is 1. The van der Waals surface area contributed by atoms with Crippen molar-refractivity contribution >= 4 is 17.6 Å². The molecule has 0 heterocycles. The van der Waals surface area contributed by atoms with Gasteiger partial charge in [0.05, 0.1) is 23.8 Å². The summed E-state index contributed by atoms with van der Waals surface area (Å²) in [7, 11) is 0. The molecule has 8 heteroatoms. The molecule has 0 aliphatic rings. The van der Waals surface area contributed by atoms with Crippen LogP contribution in [0.15, 0.2) is 42.5 Å². The molecular weight excluding hydrogens is 360 g/mol. The van der Waals surface area contributed by atoms with Crippen LogP contribution in [0.5, 0.6) is 11.5 Å². The Hall–Kier alpha value is -3.16. The molecule has 0 radical (unpaired) electrons. The van der Waals surface area contributed by atoms with Crippen LogP contribution in [0.4, 0.5) is 14.5 Å². The predicted octanol–water partition coefficient (Wildman–Crippen LogP) is 3.95. The lowest BCUT2D eigenvalue weighted by atomic mass is 10.1. The second kappa shape index (κ2) is 8.98. The van der Waals surface area contributed by atoms with E-state index in [0.29, 0.717) is 11.3 Å². The Kier molecular flexibility index (Phi) is 6.70. The zero-order valence-corrected chi connectivity index (χ0v) is 14.7. The molecule has 0 atom stereocenters. The number of rotatable bonds is 8. The quantitative estimate of drug-likeness (QED) is 0.725. The van der Waals surface area contributed by atoms with E-state index in [1.54, 1.807) is 13.8 Å². The fourth-order valence-electron chi connectivity index (χ4n) is 2.29. The van der Waals surface area contributed by atoms with Gasteiger partial charge < -0.3 is 19.9 Å². The van der Waals surface area contributed by atoms with Crippen LogP contribution >= 0.6 is 0 Å². The van der Waals surface area contributed by atoms with E-state index in [4.69, 9.17) is 9.84 Å². The van der Waals surface area contributed by atoms with E-state index in [0.717, 1.165) is 0 Å². The molecule has 2 aromatic carbocycles. The van der Waals surface area contributed by atoms with E-state index in [2.05, 4.69) is 10.1 Å². The molecule has 27 heavy (non-hydrogen) atoms. The minimum atomic E-state index is -2.92. The first kappa shape index (κ1) is 20.2. The minimum Gasteiger partial charge on any atom is -0.489 e. The molecule has 2 rings (SSSR count). The number of carbonyl (C=O) groups excluding carboxylic acids is 1. The zero-order valence-electron chi connectivity index (χ0n) is 14.7. The van der Waals surface area contributed by atoms with E-state index >= 15 is 0 Å². The van der Waals surface area contributed by atoms with Gasteiger partial charge in [-0.05, 0) is 49.7 Å². The van der Waals surface area contributed by atoms with Crippen LogP contribution in [0.1, 0.15) is 29.8 Å². The van der Waals surface area contributed by atoms with E-state index < -0.39 is 18.5 Å². The zero-order chi connectivity index (χ0) is 20.0. The summed E-state index contributed by atoms with van der Waals surface area (Å²) in [4.78, 5) is 23.5. The molecule has 0 saturated heterocycles. The Balaban J connectivity index is 2.11. The maximum absolute atomic E-state index is 12.3. The Morgan fingerprint density at radius 1 is 1.07 bits per heavy atom. The van der Waals surface area contributed by atoms with Gasteiger partial charge in [-0.1, -0.05) is 12.1 Å². The number of anilines is 1. The number of carbonyl (C=O) groups is 2. The van der Waals surface area contributed by atoms with Gasteiger partial charge in [0.1, 0.15) is 11.5 Å². The van der Waals surface area contributed by atoms with Gasteiger partial charge in [-0.25, -0.2) is 4.79 Å². The number of hydrogen-bond acceptors (Lipinski definition) is 4. The second-order valence-corrected chi connectivity index (χ2v) is 5.93. The molecule has 0 spiro atoms. The number of aromatic carboxylic acids is 1. The molecule has 0 aliphatic carbocycles. The first-order valence-corrected chi connectivity index (χ1v) is 8.12. The number of amides is 1. The highest BCUT2D eigenvalue weighted by atomic mass is 19.3. The Morgan fingerprint density at radius 3 is 2.30 bits per heavy atom. The van der Waals surface area contributed by atoms with Gasteiger partial charge in [0.25, 0.3) is 0 Å². The van der Waals surface area contributed by atoms with Crippen LogP contribution < -0.4 is 14.8 Å². The number of carboxylic acids is 1. The molecule has 0 unspecified atom stereocenters. The summed E-state index contributed by atoms with van der Waals surface area (Å²) in [6.07, 6.45) is -0.202. The van der Waals surface area contributed by atoms with Crippen molar-refractivity contribution in [1.82, 2.24) is 0 Å². The molecule has 0 fully saturated rings. The van der Waals surface area contributed by atoms with E-state index in [9.17, 15) is 18.4 Å². The monoisotopic (exact) mass is 379 g/mol. The van der Waals surface area contributed by atoms with Crippen molar-refractivity contribution < 1.29 is 33.0 Å². The molecule has 6 nitrogen and oxygen atoms in total. The number of nitrogens with one attached hydrogen (secondary N) is 1. The molecule has 0 aliphatic heterocycles. The standard InChI is InChI=1S/C19H19F2NO5/c1-11(2)26-16-8-5-13(18(24)25)10-15(16)22-17(23)9-12-3-6-14(7-4-12)27-19(20)21/h3-8,10-11,19H,9H2,1-2H3,(H,22,23)(H,24,25). The van der Waals surface area contributed by atoms with Gasteiger partial charge in [-0.15, -0.1) is 0 Å². The lowest BCUT2D eigenvalue weighted by Gasteiger charge is -2.15. The summed E-state index contributed by atoms with van der Waals surface area (Å²) in [5.74, 6) is -1.19. The summed E-state index contributed by atoms with van der Waals surface area (Å²) < 4.78 is 34.1. The van der Waals surface area contributed by atoms with Gasteiger partial charge in [-0.2, -0.15) is 8.78 Å². The van der Waals surface area contributed by atoms with Gasteiger partial charge in [-0.3, -0.25) is 4.79 Å². The molecule has 0 saturated carbocycles. The largest absolute Gasteiger partial charge is 0.489 e. The number of hydrogen-bond donors (Lipinski definition) is 2. The van der Waals surface area contributed by atoms with Crippen LogP contribution in [0.2, 0.25) is 0 Å². The number of ether oxygens (including phenoxy) is 2. The van der Waals surface area contributed by atoms with Gasteiger partial charge in [0.15, 0.2) is 0 Å². The first-order chi connectivity index (χ1) is 12.7. The van der Waals surface area contributed by atoms with Crippen molar-refractivity contribution in [3.8, 4) is 11.5 Å². The second-order valence-electron chi connectivity index (χ2n) is 5.93. The SMILES string of the molecule is CC(C)Oc1ccc(C(=O)O)cc1NC(=O)Cc1ccc(OC(F)F)cc1. The van der Waals surface area contributed by atoms with Crippen LogP contribution in [0, 0.1) is 0 Å². The third-order valence-corrected chi connectivity index (χ3v) is 3.38. The van der Waals surface area contributed by atoms with Crippen molar-refractivity contribution in [2.75, 3.05) is 5.32 Å². The lowest BCUT2D eigenvalue weighted by molar-refractivity contribution is -0.115. The van der Waals surface area contributed by atoms with Crippen LogP contribution in [0.3, 0.4) is 0 Å². The van der Waals surface area contributed by atoms with Gasteiger partial charge in [0.2, 0.25) is 5.91 Å². The van der Waals surface area contributed by atoms with Crippen molar-refractivity contribution in [1.29, 1.82) is 0 Å². The van der Waals surface area contributed by atoms with Crippen LogP contribution in [-0.2, 0) is 11.2 Å². The maximum Gasteiger partial charge on any atom is 0.387 e. The van der Waals surface area contributed by atoms with Crippen LogP contribution in [0.25, 0.3) is 0 Å². The van der Waals surface area contributed by atoms with Crippen molar-refractivity contribution in [3.05, 3.63) is 53.6 Å². The van der Waals surface area contributed by atoms with Gasteiger partial charge in [0, 0.05) is 0 Å². The average molecular weight is 379 g/mol. The van der Waals surface area contributed by atoms with Crippen molar-refractivity contribution in [2.45, 2.75) is 33.0 Å². The molecule has 0 aromatic heterocycles. The van der Waals surface area contributed by atoms with Gasteiger partial charge >= 0.3 is 12.6 Å². The van der Waals surface area contributed by atoms with E-state index in [-0.39, 0.29) is 29.5 Å². The summed E-state index contributed by atoms with van der Waals surface area (Å²) in [6.45, 7) is 0.694. The smallest absolute Gasteiger partial charge is 0.387 e. The molecule has 2 N–H and O–H groups in total. The number of halogens is 2. The molecular formula is C19H19F2NO5. The van der Waals surface area contributed by atoms with Crippen molar-refractivity contribution in [2.24, 2.45) is 0 Å². The highest BCUT2D eigenvalue weighted by Gasteiger charge is 2.14. The lowest BCUT2D eigenvalue weighted by Crippen LogP contribution is -2.17. The number of alkyl halides is 2. The molecule has 0 bridgehead atoms. The Labute approximate surface area is 154 Å². The van der Waals surface area contributed by atoms with Crippen molar-refractivity contribution in [3.63, 3.8) is 0 Å². The predicted molar refractivity (Wildman–Crippen MR) is 94.6 cm³/mol. The first-order valence-electron chi connectivity index (χ1n) is 8.12. The fourth-order valence-corrected chi connectivity index (χ4v) is 2.29. The third kappa shape index (κ3) is 6.25. The summed E-state index contributed by atoms with van der Waals surface area (Å²) in [6, 6.07) is 9.86. The third-order valence-electron chi connectivity index (χ3n) is 3.38. The highest BCUT2D eigenvalue weighted by molar-refractivity contribution is 5.96.